The molecule has 19 heavy (non-hydrogen) atoms. The van der Waals surface area contributed by atoms with E-state index in [1.807, 2.05) is 0 Å². The van der Waals surface area contributed by atoms with Crippen LogP contribution in [0, 0.1) is 0 Å². The van der Waals surface area contributed by atoms with Crippen molar-refractivity contribution in [1.82, 2.24) is 5.32 Å². The molecular formula is C12H15N3O4. The summed E-state index contributed by atoms with van der Waals surface area (Å²) < 4.78 is 0. The van der Waals surface area contributed by atoms with Crippen LogP contribution in [0.25, 0.3) is 0 Å². The van der Waals surface area contributed by atoms with Crippen molar-refractivity contribution < 1.29 is 19.5 Å². The highest BCUT2D eigenvalue weighted by Crippen LogP contribution is 2.10. The molecule has 0 aliphatic heterocycles. The SMILES string of the molecule is CC(CC(N)=O)NC(=O)Nc1cccc(C(=O)O)c1. The minimum absolute atomic E-state index is 0.0303. The van der Waals surface area contributed by atoms with Crippen LogP contribution in [0.5, 0.6) is 0 Å². The first-order valence-electron chi connectivity index (χ1n) is 5.57. The Labute approximate surface area is 109 Å². The molecule has 0 fully saturated rings. The fourth-order valence-electron chi connectivity index (χ4n) is 1.47. The number of carboxylic acid groups (broad SMARTS) is 1. The van der Waals surface area contributed by atoms with E-state index in [9.17, 15) is 14.4 Å². The van der Waals surface area contributed by atoms with E-state index in [2.05, 4.69) is 10.6 Å². The minimum atomic E-state index is -1.08. The number of nitrogens with one attached hydrogen (secondary N) is 2. The summed E-state index contributed by atoms with van der Waals surface area (Å²) in [6.07, 6.45) is 0.0303. The smallest absolute Gasteiger partial charge is 0.335 e. The first-order valence-corrected chi connectivity index (χ1v) is 5.57. The molecule has 1 rings (SSSR count). The predicted octanol–water partition coefficient (Wildman–Crippen LogP) is 0.770. The van der Waals surface area contributed by atoms with Crippen molar-refractivity contribution in [3.05, 3.63) is 29.8 Å². The summed E-state index contributed by atoms with van der Waals surface area (Å²) in [7, 11) is 0. The lowest BCUT2D eigenvalue weighted by atomic mass is 10.2. The van der Waals surface area contributed by atoms with Crippen molar-refractivity contribution in [3.63, 3.8) is 0 Å². The first-order chi connectivity index (χ1) is 8.88. The van der Waals surface area contributed by atoms with Gasteiger partial charge in [-0.1, -0.05) is 6.07 Å². The lowest BCUT2D eigenvalue weighted by Crippen LogP contribution is -2.38. The average molecular weight is 265 g/mol. The molecule has 1 aromatic carbocycles. The predicted molar refractivity (Wildman–Crippen MR) is 68.8 cm³/mol. The number of primary amides is 1. The number of carbonyl (C=O) groups is 3. The van der Waals surface area contributed by atoms with Gasteiger partial charge in [-0.2, -0.15) is 0 Å². The number of hydrogen-bond donors (Lipinski definition) is 4. The van der Waals surface area contributed by atoms with Gasteiger partial charge in [0, 0.05) is 18.2 Å². The molecule has 0 bridgehead atoms. The Bertz CT molecular complexity index is 502. The van der Waals surface area contributed by atoms with Crippen molar-refractivity contribution in [3.8, 4) is 0 Å². The van der Waals surface area contributed by atoms with Crippen molar-refractivity contribution in [1.29, 1.82) is 0 Å². The van der Waals surface area contributed by atoms with Crippen LogP contribution < -0.4 is 16.4 Å². The maximum Gasteiger partial charge on any atom is 0.335 e. The van der Waals surface area contributed by atoms with E-state index in [1.165, 1.54) is 18.2 Å². The Balaban J connectivity index is 2.59. The molecule has 7 nitrogen and oxygen atoms in total. The highest BCUT2D eigenvalue weighted by atomic mass is 16.4. The van der Waals surface area contributed by atoms with E-state index >= 15 is 0 Å². The molecule has 1 aromatic rings. The zero-order valence-corrected chi connectivity index (χ0v) is 10.3. The monoisotopic (exact) mass is 265 g/mol. The van der Waals surface area contributed by atoms with Crippen LogP contribution in [-0.4, -0.2) is 29.1 Å². The van der Waals surface area contributed by atoms with Crippen LogP contribution >= 0.6 is 0 Å². The molecule has 0 saturated heterocycles. The van der Waals surface area contributed by atoms with Gasteiger partial charge in [-0.15, -0.1) is 0 Å². The van der Waals surface area contributed by atoms with Crippen molar-refractivity contribution in [2.75, 3.05) is 5.32 Å². The van der Waals surface area contributed by atoms with Crippen LogP contribution in [0.2, 0.25) is 0 Å². The van der Waals surface area contributed by atoms with Gasteiger partial charge in [0.05, 0.1) is 5.56 Å². The Morgan fingerprint density at radius 2 is 2.05 bits per heavy atom. The van der Waals surface area contributed by atoms with E-state index in [-0.39, 0.29) is 12.0 Å². The van der Waals surface area contributed by atoms with E-state index in [1.54, 1.807) is 13.0 Å². The number of aromatic carboxylic acids is 1. The summed E-state index contributed by atoms with van der Waals surface area (Å²) >= 11 is 0. The number of urea groups is 1. The topological polar surface area (TPSA) is 122 Å². The summed E-state index contributed by atoms with van der Waals surface area (Å²) in [6, 6.07) is 4.90. The molecular weight excluding hydrogens is 250 g/mol. The summed E-state index contributed by atoms with van der Waals surface area (Å²) in [6.45, 7) is 1.64. The van der Waals surface area contributed by atoms with Gasteiger partial charge in [0.15, 0.2) is 0 Å². The van der Waals surface area contributed by atoms with Gasteiger partial charge in [0.1, 0.15) is 0 Å². The second kappa shape index (κ2) is 6.39. The Kier molecular flexibility index (Phi) is 4.87. The van der Waals surface area contributed by atoms with Crippen LogP contribution in [0.4, 0.5) is 10.5 Å². The number of carboxylic acids is 1. The molecule has 1 atom stereocenters. The standard InChI is InChI=1S/C12H15N3O4/c1-7(5-10(13)16)14-12(19)15-9-4-2-3-8(6-9)11(17)18/h2-4,6-7H,5H2,1H3,(H2,13,16)(H,17,18)(H2,14,15,19). The summed E-state index contributed by atoms with van der Waals surface area (Å²) in [5, 5.41) is 13.8. The van der Waals surface area contributed by atoms with E-state index in [0.717, 1.165) is 0 Å². The fourth-order valence-corrected chi connectivity index (χ4v) is 1.47. The molecule has 7 heteroatoms. The van der Waals surface area contributed by atoms with E-state index < -0.39 is 23.9 Å². The summed E-state index contributed by atoms with van der Waals surface area (Å²) in [5.41, 5.74) is 5.42. The van der Waals surface area contributed by atoms with Crippen LogP contribution in [0.15, 0.2) is 24.3 Å². The molecule has 5 N–H and O–H groups in total. The third-order valence-corrected chi connectivity index (χ3v) is 2.25. The molecule has 0 heterocycles. The normalized spacial score (nSPS) is 11.4. The molecule has 3 amide bonds. The van der Waals surface area contributed by atoms with Gasteiger partial charge in [-0.3, -0.25) is 4.79 Å². The number of hydrogen-bond acceptors (Lipinski definition) is 3. The Morgan fingerprint density at radius 3 is 2.63 bits per heavy atom. The molecule has 0 spiro atoms. The zero-order valence-electron chi connectivity index (χ0n) is 10.3. The van der Waals surface area contributed by atoms with Crippen LogP contribution in [0.3, 0.4) is 0 Å². The molecule has 0 radical (unpaired) electrons. The van der Waals surface area contributed by atoms with E-state index in [4.69, 9.17) is 10.8 Å². The van der Waals surface area contributed by atoms with Crippen molar-refractivity contribution in [2.45, 2.75) is 19.4 Å². The second-order valence-electron chi connectivity index (χ2n) is 4.06. The van der Waals surface area contributed by atoms with Crippen LogP contribution in [0.1, 0.15) is 23.7 Å². The molecule has 0 aliphatic rings. The molecule has 0 aliphatic carbocycles. The van der Waals surface area contributed by atoms with Gasteiger partial charge < -0.3 is 21.5 Å². The largest absolute Gasteiger partial charge is 0.478 e. The number of benzene rings is 1. The number of anilines is 1. The lowest BCUT2D eigenvalue weighted by Gasteiger charge is -2.13. The highest BCUT2D eigenvalue weighted by molar-refractivity contribution is 5.93. The fraction of sp³-hybridized carbons (Fsp3) is 0.250. The van der Waals surface area contributed by atoms with Crippen molar-refractivity contribution in [2.24, 2.45) is 5.73 Å². The number of amides is 3. The summed E-state index contributed by atoms with van der Waals surface area (Å²) in [4.78, 5) is 33.0. The number of rotatable bonds is 5. The highest BCUT2D eigenvalue weighted by Gasteiger charge is 2.10. The second-order valence-corrected chi connectivity index (χ2v) is 4.06. The van der Waals surface area contributed by atoms with E-state index in [0.29, 0.717) is 5.69 Å². The number of nitrogens with two attached hydrogens (primary N) is 1. The molecule has 102 valence electrons. The Morgan fingerprint density at radius 1 is 1.37 bits per heavy atom. The van der Waals surface area contributed by atoms with Crippen molar-refractivity contribution >= 4 is 23.6 Å². The maximum atomic E-state index is 11.6. The van der Waals surface area contributed by atoms with Gasteiger partial charge in [-0.25, -0.2) is 9.59 Å². The van der Waals surface area contributed by atoms with Gasteiger partial charge in [0.25, 0.3) is 0 Å². The summed E-state index contributed by atoms with van der Waals surface area (Å²) in [5.74, 6) is -1.59. The first kappa shape index (κ1) is 14.5. The van der Waals surface area contributed by atoms with Gasteiger partial charge >= 0.3 is 12.0 Å². The zero-order chi connectivity index (χ0) is 14.4. The maximum absolute atomic E-state index is 11.6. The third kappa shape index (κ3) is 5.07. The number of carbonyl (C=O) groups excluding carboxylic acids is 2. The quantitative estimate of drug-likeness (QED) is 0.628. The molecule has 0 aromatic heterocycles. The van der Waals surface area contributed by atoms with Gasteiger partial charge in [0.2, 0.25) is 5.91 Å². The third-order valence-electron chi connectivity index (χ3n) is 2.25. The van der Waals surface area contributed by atoms with Crippen LogP contribution in [-0.2, 0) is 4.79 Å². The van der Waals surface area contributed by atoms with Gasteiger partial charge in [-0.05, 0) is 25.1 Å². The lowest BCUT2D eigenvalue weighted by molar-refractivity contribution is -0.118. The minimum Gasteiger partial charge on any atom is -0.478 e. The average Bonchev–Trinajstić information content (AvgIpc) is 2.27. The molecule has 0 saturated carbocycles. The Hall–Kier alpha value is -2.57. The molecule has 1 unspecified atom stereocenters.